The Kier molecular flexibility index (Phi) is 4.80. The standard InChI is InChI=1S/C12H17N3O4/c1-4-14(7-8(2)3)11-5-9(12(16)17)10(6-13-11)15(18)19/h5-6,8H,4,7H2,1-3H3,(H,16,17). The van der Waals surface area contributed by atoms with Gasteiger partial charge in [0.05, 0.1) is 4.92 Å². The van der Waals surface area contributed by atoms with E-state index in [0.29, 0.717) is 24.8 Å². The maximum Gasteiger partial charge on any atom is 0.342 e. The van der Waals surface area contributed by atoms with Gasteiger partial charge < -0.3 is 10.0 Å². The average Bonchev–Trinajstić information content (AvgIpc) is 2.34. The first kappa shape index (κ1) is 14.9. The van der Waals surface area contributed by atoms with Gasteiger partial charge in [0.1, 0.15) is 17.6 Å². The van der Waals surface area contributed by atoms with Crippen molar-refractivity contribution in [2.75, 3.05) is 18.0 Å². The van der Waals surface area contributed by atoms with Gasteiger partial charge in [-0.15, -0.1) is 0 Å². The van der Waals surface area contributed by atoms with Gasteiger partial charge >= 0.3 is 11.7 Å². The molecule has 0 aliphatic rings. The summed E-state index contributed by atoms with van der Waals surface area (Å²) in [6, 6.07) is 1.26. The minimum Gasteiger partial charge on any atom is -0.477 e. The van der Waals surface area contributed by atoms with Crippen LogP contribution in [0.25, 0.3) is 0 Å². The van der Waals surface area contributed by atoms with Crippen molar-refractivity contribution in [1.82, 2.24) is 4.98 Å². The van der Waals surface area contributed by atoms with Crippen LogP contribution in [-0.4, -0.2) is 34.1 Å². The van der Waals surface area contributed by atoms with Crippen LogP contribution in [0.1, 0.15) is 31.1 Å². The van der Waals surface area contributed by atoms with Gasteiger partial charge in [0, 0.05) is 19.2 Å². The number of nitro groups is 1. The van der Waals surface area contributed by atoms with Crippen LogP contribution in [0.2, 0.25) is 0 Å². The molecule has 1 aromatic rings. The highest BCUT2D eigenvalue weighted by atomic mass is 16.6. The summed E-state index contributed by atoms with van der Waals surface area (Å²) in [6.07, 6.45) is 1.00. The molecule has 0 aliphatic heterocycles. The van der Waals surface area contributed by atoms with Crippen molar-refractivity contribution in [1.29, 1.82) is 0 Å². The Bertz CT molecular complexity index is 488. The number of rotatable bonds is 6. The Hall–Kier alpha value is -2.18. The molecule has 19 heavy (non-hydrogen) atoms. The molecule has 0 spiro atoms. The van der Waals surface area contributed by atoms with Gasteiger partial charge in [-0.05, 0) is 12.8 Å². The Morgan fingerprint density at radius 3 is 2.63 bits per heavy atom. The molecule has 1 N–H and O–H groups in total. The number of nitrogens with zero attached hydrogens (tertiary/aromatic N) is 3. The number of carboxylic acids is 1. The van der Waals surface area contributed by atoms with Gasteiger partial charge in [-0.2, -0.15) is 0 Å². The maximum absolute atomic E-state index is 11.1. The van der Waals surface area contributed by atoms with Crippen LogP contribution < -0.4 is 4.90 Å². The molecule has 7 heteroatoms. The lowest BCUT2D eigenvalue weighted by Gasteiger charge is -2.24. The summed E-state index contributed by atoms with van der Waals surface area (Å²) in [5, 5.41) is 19.8. The van der Waals surface area contributed by atoms with Crippen LogP contribution in [0.15, 0.2) is 12.3 Å². The Labute approximate surface area is 111 Å². The molecule has 7 nitrogen and oxygen atoms in total. The van der Waals surface area contributed by atoms with Crippen molar-refractivity contribution in [2.24, 2.45) is 5.92 Å². The normalized spacial score (nSPS) is 10.5. The smallest absolute Gasteiger partial charge is 0.342 e. The summed E-state index contributed by atoms with van der Waals surface area (Å²) in [6.45, 7) is 7.35. The van der Waals surface area contributed by atoms with Crippen molar-refractivity contribution < 1.29 is 14.8 Å². The zero-order chi connectivity index (χ0) is 14.6. The van der Waals surface area contributed by atoms with Crippen molar-refractivity contribution in [3.05, 3.63) is 27.9 Å². The van der Waals surface area contributed by atoms with E-state index >= 15 is 0 Å². The van der Waals surface area contributed by atoms with Gasteiger partial charge in [0.15, 0.2) is 0 Å². The number of carbonyl (C=O) groups is 1. The summed E-state index contributed by atoms with van der Waals surface area (Å²) in [4.78, 5) is 26.9. The first-order valence-electron chi connectivity index (χ1n) is 5.99. The average molecular weight is 267 g/mol. The second-order valence-corrected chi connectivity index (χ2v) is 4.55. The molecule has 0 bridgehead atoms. The molecule has 104 valence electrons. The fourth-order valence-electron chi connectivity index (χ4n) is 1.75. The van der Waals surface area contributed by atoms with Crippen LogP contribution in [-0.2, 0) is 0 Å². The summed E-state index contributed by atoms with van der Waals surface area (Å²) in [5.41, 5.74) is -0.825. The van der Waals surface area contributed by atoms with E-state index in [1.807, 2.05) is 25.7 Å². The minimum absolute atomic E-state index is 0.336. The zero-order valence-corrected chi connectivity index (χ0v) is 11.2. The lowest BCUT2D eigenvalue weighted by molar-refractivity contribution is -0.385. The Morgan fingerprint density at radius 2 is 2.21 bits per heavy atom. The van der Waals surface area contributed by atoms with Crippen molar-refractivity contribution >= 4 is 17.5 Å². The number of aromatic carboxylic acids is 1. The molecule has 0 fully saturated rings. The van der Waals surface area contributed by atoms with E-state index in [9.17, 15) is 14.9 Å². The van der Waals surface area contributed by atoms with E-state index in [2.05, 4.69) is 4.98 Å². The fourth-order valence-corrected chi connectivity index (χ4v) is 1.75. The molecule has 0 radical (unpaired) electrons. The molecule has 0 aromatic carbocycles. The topological polar surface area (TPSA) is 96.6 Å². The summed E-state index contributed by atoms with van der Waals surface area (Å²) < 4.78 is 0. The van der Waals surface area contributed by atoms with Crippen LogP contribution in [0.3, 0.4) is 0 Å². The summed E-state index contributed by atoms with van der Waals surface area (Å²) in [7, 11) is 0. The first-order valence-corrected chi connectivity index (χ1v) is 5.99. The van der Waals surface area contributed by atoms with Crippen molar-refractivity contribution in [3.8, 4) is 0 Å². The number of hydrogen-bond acceptors (Lipinski definition) is 5. The quantitative estimate of drug-likeness (QED) is 0.626. The Balaban J connectivity index is 3.20. The van der Waals surface area contributed by atoms with Gasteiger partial charge in [-0.3, -0.25) is 10.1 Å². The van der Waals surface area contributed by atoms with Crippen molar-refractivity contribution in [2.45, 2.75) is 20.8 Å². The predicted octanol–water partition coefficient (Wildman–Crippen LogP) is 2.17. The summed E-state index contributed by atoms with van der Waals surface area (Å²) >= 11 is 0. The van der Waals surface area contributed by atoms with E-state index in [1.165, 1.54) is 6.07 Å². The minimum atomic E-state index is -1.32. The molecule has 1 aromatic heterocycles. The van der Waals surface area contributed by atoms with E-state index in [-0.39, 0.29) is 5.56 Å². The number of hydrogen-bond donors (Lipinski definition) is 1. The van der Waals surface area contributed by atoms with Crippen LogP contribution in [0, 0.1) is 16.0 Å². The number of aromatic nitrogens is 1. The van der Waals surface area contributed by atoms with E-state index in [0.717, 1.165) is 6.20 Å². The highest BCUT2D eigenvalue weighted by Crippen LogP contribution is 2.22. The van der Waals surface area contributed by atoms with Crippen molar-refractivity contribution in [3.63, 3.8) is 0 Å². The number of anilines is 1. The molecule has 0 amide bonds. The highest BCUT2D eigenvalue weighted by molar-refractivity contribution is 5.93. The molecular weight excluding hydrogens is 250 g/mol. The predicted molar refractivity (Wildman–Crippen MR) is 70.6 cm³/mol. The maximum atomic E-state index is 11.1. The van der Waals surface area contributed by atoms with Gasteiger partial charge in [-0.1, -0.05) is 13.8 Å². The second-order valence-electron chi connectivity index (χ2n) is 4.55. The Morgan fingerprint density at radius 1 is 1.58 bits per heavy atom. The van der Waals surface area contributed by atoms with Gasteiger partial charge in [0.2, 0.25) is 0 Å². The third-order valence-electron chi connectivity index (χ3n) is 2.59. The van der Waals surface area contributed by atoms with E-state index in [1.54, 1.807) is 0 Å². The van der Waals surface area contributed by atoms with Gasteiger partial charge in [-0.25, -0.2) is 9.78 Å². The monoisotopic (exact) mass is 267 g/mol. The van der Waals surface area contributed by atoms with Gasteiger partial charge in [0.25, 0.3) is 0 Å². The molecule has 1 heterocycles. The molecule has 1 rings (SSSR count). The lowest BCUT2D eigenvalue weighted by Crippen LogP contribution is -2.28. The third-order valence-corrected chi connectivity index (χ3v) is 2.59. The molecule has 0 saturated carbocycles. The number of carboxylic acid groups (broad SMARTS) is 1. The lowest BCUT2D eigenvalue weighted by atomic mass is 10.2. The van der Waals surface area contributed by atoms with E-state index < -0.39 is 16.6 Å². The van der Waals surface area contributed by atoms with Crippen LogP contribution in [0.5, 0.6) is 0 Å². The third kappa shape index (κ3) is 3.64. The second kappa shape index (κ2) is 6.12. The largest absolute Gasteiger partial charge is 0.477 e. The molecule has 0 aliphatic carbocycles. The molecular formula is C12H17N3O4. The number of pyridine rings is 1. The zero-order valence-electron chi connectivity index (χ0n) is 11.2. The fraction of sp³-hybridized carbons (Fsp3) is 0.500. The van der Waals surface area contributed by atoms with E-state index in [4.69, 9.17) is 5.11 Å². The SMILES string of the molecule is CCN(CC(C)C)c1cc(C(=O)O)c([N+](=O)[O-])cn1. The first-order chi connectivity index (χ1) is 8.86. The summed E-state index contributed by atoms with van der Waals surface area (Å²) in [5.74, 6) is -0.500. The molecule has 0 unspecified atom stereocenters. The van der Waals surface area contributed by atoms with Crippen LogP contribution in [0.4, 0.5) is 11.5 Å². The van der Waals surface area contributed by atoms with Crippen LogP contribution >= 0.6 is 0 Å². The molecule has 0 saturated heterocycles. The molecule has 0 atom stereocenters. The highest BCUT2D eigenvalue weighted by Gasteiger charge is 2.22.